The van der Waals surface area contributed by atoms with Crippen LogP contribution >= 0.6 is 0 Å². The maximum atomic E-state index is 12.4. The van der Waals surface area contributed by atoms with E-state index in [-0.39, 0.29) is 11.9 Å². The van der Waals surface area contributed by atoms with Crippen LogP contribution in [0.25, 0.3) is 0 Å². The highest BCUT2D eigenvalue weighted by atomic mass is 16.2. The molecule has 4 rings (SSSR count). The second-order valence-corrected chi connectivity index (χ2v) is 6.14. The number of hydrogen-bond donors (Lipinski definition) is 1. The number of nitrogens with one attached hydrogen (secondary N) is 1. The number of amides is 1. The van der Waals surface area contributed by atoms with Gasteiger partial charge < -0.3 is 15.1 Å². The van der Waals surface area contributed by atoms with Gasteiger partial charge in [0.25, 0.3) is 0 Å². The van der Waals surface area contributed by atoms with Crippen molar-refractivity contribution in [2.45, 2.75) is 44.6 Å². The molecule has 1 aromatic rings. The van der Waals surface area contributed by atoms with E-state index in [1.165, 1.54) is 19.3 Å². The topological polar surface area (TPSA) is 61.4 Å². The fourth-order valence-electron chi connectivity index (χ4n) is 3.71. The Morgan fingerprint density at radius 3 is 2.62 bits per heavy atom. The zero-order valence-electron chi connectivity index (χ0n) is 12.2. The van der Waals surface area contributed by atoms with E-state index in [0.717, 1.165) is 56.2 Å². The summed E-state index contributed by atoms with van der Waals surface area (Å²) in [5.74, 6) is 1.92. The van der Waals surface area contributed by atoms with Crippen molar-refractivity contribution in [3.8, 4) is 0 Å². The molecule has 0 aromatic carbocycles. The first-order chi connectivity index (χ1) is 10.3. The highest BCUT2D eigenvalue weighted by Gasteiger charge is 2.37. The smallest absolute Gasteiger partial charge is 0.247 e. The van der Waals surface area contributed by atoms with Crippen molar-refractivity contribution < 1.29 is 4.79 Å². The summed E-state index contributed by atoms with van der Waals surface area (Å²) < 4.78 is 0. The zero-order chi connectivity index (χ0) is 14.2. The maximum Gasteiger partial charge on any atom is 0.247 e. The van der Waals surface area contributed by atoms with Crippen LogP contribution in [0.3, 0.4) is 0 Å². The molecule has 1 atom stereocenters. The van der Waals surface area contributed by atoms with Crippen molar-refractivity contribution in [2.24, 2.45) is 0 Å². The van der Waals surface area contributed by atoms with Gasteiger partial charge in [-0.25, -0.2) is 9.97 Å². The maximum absolute atomic E-state index is 12.4. The lowest BCUT2D eigenvalue weighted by Crippen LogP contribution is -2.51. The van der Waals surface area contributed by atoms with Crippen molar-refractivity contribution in [1.29, 1.82) is 0 Å². The van der Waals surface area contributed by atoms with Crippen LogP contribution in [0.5, 0.6) is 0 Å². The number of anilines is 3. The van der Waals surface area contributed by atoms with Gasteiger partial charge in [0, 0.05) is 19.6 Å². The van der Waals surface area contributed by atoms with Gasteiger partial charge in [-0.3, -0.25) is 4.79 Å². The Hall–Kier alpha value is -1.85. The molecule has 0 aliphatic carbocycles. The molecule has 112 valence electrons. The fourth-order valence-corrected chi connectivity index (χ4v) is 3.71. The van der Waals surface area contributed by atoms with E-state index in [1.54, 1.807) is 6.33 Å². The van der Waals surface area contributed by atoms with Crippen LogP contribution in [0, 0.1) is 0 Å². The number of fused-ring (bicyclic) bond motifs is 3. The predicted molar refractivity (Wildman–Crippen MR) is 81.7 cm³/mol. The van der Waals surface area contributed by atoms with E-state index in [4.69, 9.17) is 0 Å². The van der Waals surface area contributed by atoms with Crippen LogP contribution in [-0.2, 0) is 4.79 Å². The van der Waals surface area contributed by atoms with Crippen molar-refractivity contribution in [2.75, 3.05) is 34.8 Å². The minimum Gasteiger partial charge on any atom is -0.355 e. The van der Waals surface area contributed by atoms with Gasteiger partial charge in [-0.05, 0) is 38.5 Å². The fraction of sp³-hybridized carbons (Fsp3) is 0.667. The van der Waals surface area contributed by atoms with Gasteiger partial charge in [0.2, 0.25) is 5.91 Å². The van der Waals surface area contributed by atoms with Crippen LogP contribution in [0.15, 0.2) is 6.33 Å². The summed E-state index contributed by atoms with van der Waals surface area (Å²) in [5.41, 5.74) is 0.822. The number of carbonyl (C=O) groups is 1. The number of hydrogen-bond acceptors (Lipinski definition) is 5. The minimum absolute atomic E-state index is 0.0460. The molecule has 1 amide bonds. The Kier molecular flexibility index (Phi) is 3.16. The van der Waals surface area contributed by atoms with Crippen LogP contribution in [-0.4, -0.2) is 41.6 Å². The summed E-state index contributed by atoms with van der Waals surface area (Å²) >= 11 is 0. The normalized spacial score (nSPS) is 25.1. The molecular formula is C15H21N5O. The van der Waals surface area contributed by atoms with Crippen molar-refractivity contribution >= 4 is 23.2 Å². The third kappa shape index (κ3) is 2.13. The van der Waals surface area contributed by atoms with E-state index in [9.17, 15) is 4.79 Å². The first kappa shape index (κ1) is 12.9. The number of rotatable bonds is 1. The standard InChI is InChI=1S/C15H21N5O/c21-15-11-6-2-5-9-20(11)14-12(18-15)13(16-10-17-14)19-7-3-1-4-8-19/h10-11H,1-9H2,(H,18,21). The number of carbonyl (C=O) groups excluding carboxylic acids is 1. The van der Waals surface area contributed by atoms with Crippen molar-refractivity contribution in [3.05, 3.63) is 6.33 Å². The molecule has 1 unspecified atom stereocenters. The van der Waals surface area contributed by atoms with E-state index < -0.39 is 0 Å². The molecule has 0 radical (unpaired) electrons. The lowest BCUT2D eigenvalue weighted by Gasteiger charge is -2.41. The van der Waals surface area contributed by atoms with Crippen LogP contribution in [0.2, 0.25) is 0 Å². The third-order valence-electron chi connectivity index (χ3n) is 4.79. The molecule has 4 heterocycles. The first-order valence-corrected chi connectivity index (χ1v) is 8.02. The van der Waals surface area contributed by atoms with Gasteiger partial charge in [-0.2, -0.15) is 0 Å². The van der Waals surface area contributed by atoms with E-state index in [2.05, 4.69) is 25.1 Å². The molecule has 1 aromatic heterocycles. The molecule has 0 spiro atoms. The molecule has 2 saturated heterocycles. The zero-order valence-corrected chi connectivity index (χ0v) is 12.2. The van der Waals surface area contributed by atoms with Gasteiger partial charge in [-0.1, -0.05) is 0 Å². The van der Waals surface area contributed by atoms with E-state index in [0.29, 0.717) is 0 Å². The molecular weight excluding hydrogens is 266 g/mol. The highest BCUT2D eigenvalue weighted by molar-refractivity contribution is 6.05. The van der Waals surface area contributed by atoms with E-state index >= 15 is 0 Å². The second kappa shape index (κ2) is 5.16. The molecule has 0 saturated carbocycles. The Balaban J connectivity index is 1.74. The lowest BCUT2D eigenvalue weighted by molar-refractivity contribution is -0.118. The second-order valence-electron chi connectivity index (χ2n) is 6.14. The molecule has 3 aliphatic heterocycles. The first-order valence-electron chi connectivity index (χ1n) is 8.02. The summed E-state index contributed by atoms with van der Waals surface area (Å²) in [4.78, 5) is 25.8. The van der Waals surface area contributed by atoms with Crippen LogP contribution in [0.1, 0.15) is 38.5 Å². The summed E-state index contributed by atoms with van der Waals surface area (Å²) in [6.07, 6.45) is 8.49. The van der Waals surface area contributed by atoms with Gasteiger partial charge in [0.15, 0.2) is 11.6 Å². The quantitative estimate of drug-likeness (QED) is 0.853. The van der Waals surface area contributed by atoms with Crippen LogP contribution < -0.4 is 15.1 Å². The summed E-state index contributed by atoms with van der Waals surface area (Å²) in [6.45, 7) is 2.95. The summed E-state index contributed by atoms with van der Waals surface area (Å²) in [5, 5.41) is 3.08. The number of piperidine rings is 2. The van der Waals surface area contributed by atoms with Gasteiger partial charge in [-0.15, -0.1) is 0 Å². The molecule has 0 bridgehead atoms. The minimum atomic E-state index is -0.0460. The Morgan fingerprint density at radius 2 is 1.76 bits per heavy atom. The average molecular weight is 287 g/mol. The molecule has 2 fully saturated rings. The monoisotopic (exact) mass is 287 g/mol. The molecule has 3 aliphatic rings. The Morgan fingerprint density at radius 1 is 1.00 bits per heavy atom. The Labute approximate surface area is 124 Å². The summed E-state index contributed by atoms with van der Waals surface area (Å²) in [6, 6.07) is -0.0460. The molecule has 1 N–H and O–H groups in total. The number of aromatic nitrogens is 2. The van der Waals surface area contributed by atoms with Gasteiger partial charge >= 0.3 is 0 Å². The van der Waals surface area contributed by atoms with Crippen molar-refractivity contribution in [1.82, 2.24) is 9.97 Å². The van der Waals surface area contributed by atoms with Gasteiger partial charge in [0.05, 0.1) is 0 Å². The van der Waals surface area contributed by atoms with Gasteiger partial charge in [0.1, 0.15) is 18.1 Å². The molecule has 21 heavy (non-hydrogen) atoms. The lowest BCUT2D eigenvalue weighted by atomic mass is 9.99. The molecule has 6 heteroatoms. The SMILES string of the molecule is O=C1Nc2c(N3CCCCC3)ncnc2N2CCCCC12. The third-order valence-corrected chi connectivity index (χ3v) is 4.79. The predicted octanol–water partition coefficient (Wildman–Crippen LogP) is 1.78. The summed E-state index contributed by atoms with van der Waals surface area (Å²) in [7, 11) is 0. The Bertz CT molecular complexity index is 541. The largest absolute Gasteiger partial charge is 0.355 e. The van der Waals surface area contributed by atoms with Crippen LogP contribution in [0.4, 0.5) is 17.3 Å². The molecule has 6 nitrogen and oxygen atoms in total. The average Bonchev–Trinajstić information content (AvgIpc) is 2.56. The highest BCUT2D eigenvalue weighted by Crippen LogP contribution is 2.39. The van der Waals surface area contributed by atoms with E-state index in [1.807, 2.05) is 0 Å². The van der Waals surface area contributed by atoms with Crippen molar-refractivity contribution in [3.63, 3.8) is 0 Å². The number of nitrogens with zero attached hydrogens (tertiary/aromatic N) is 4.